The van der Waals surface area contributed by atoms with E-state index in [1.807, 2.05) is 20.0 Å². The van der Waals surface area contributed by atoms with Gasteiger partial charge in [-0.3, -0.25) is 4.68 Å². The molecular weight excluding hydrogens is 406 g/mol. The van der Waals surface area contributed by atoms with Gasteiger partial charge in [0.15, 0.2) is 0 Å². The van der Waals surface area contributed by atoms with E-state index >= 15 is 0 Å². The molecular formula is C18H15BrF2N4O. The summed E-state index contributed by atoms with van der Waals surface area (Å²) in [4.78, 5) is 12.1. The van der Waals surface area contributed by atoms with Gasteiger partial charge in [0.25, 0.3) is 0 Å². The molecule has 1 aromatic heterocycles. The molecule has 2 N–H and O–H groups in total. The van der Waals surface area contributed by atoms with E-state index in [1.165, 1.54) is 0 Å². The van der Waals surface area contributed by atoms with Gasteiger partial charge in [0.05, 0.1) is 22.1 Å². The second-order valence-corrected chi connectivity index (χ2v) is 6.55. The highest BCUT2D eigenvalue weighted by molar-refractivity contribution is 9.10. The summed E-state index contributed by atoms with van der Waals surface area (Å²) in [6, 6.07) is 7.72. The monoisotopic (exact) mass is 420 g/mol. The first-order chi connectivity index (χ1) is 12.3. The van der Waals surface area contributed by atoms with Crippen molar-refractivity contribution in [3.8, 4) is 11.3 Å². The average molecular weight is 421 g/mol. The number of nitrogens with one attached hydrogen (secondary N) is 2. The number of rotatable bonds is 3. The molecule has 0 aliphatic heterocycles. The van der Waals surface area contributed by atoms with Gasteiger partial charge in [-0.05, 0) is 52.7 Å². The van der Waals surface area contributed by atoms with Crippen molar-refractivity contribution >= 4 is 33.3 Å². The lowest BCUT2D eigenvalue weighted by Gasteiger charge is -2.12. The molecule has 0 atom stereocenters. The lowest BCUT2D eigenvalue weighted by molar-refractivity contribution is 0.262. The molecule has 0 radical (unpaired) electrons. The normalized spacial score (nSPS) is 10.7. The van der Waals surface area contributed by atoms with E-state index in [2.05, 4.69) is 31.7 Å². The van der Waals surface area contributed by atoms with Gasteiger partial charge < -0.3 is 10.6 Å². The number of amides is 2. The summed E-state index contributed by atoms with van der Waals surface area (Å²) in [7, 11) is 1.82. The van der Waals surface area contributed by atoms with Gasteiger partial charge in [-0.25, -0.2) is 13.6 Å². The molecule has 3 aromatic rings. The molecule has 2 aromatic carbocycles. The van der Waals surface area contributed by atoms with Crippen LogP contribution in [0.15, 0.2) is 47.1 Å². The van der Waals surface area contributed by atoms with E-state index in [0.717, 1.165) is 33.4 Å². The fraction of sp³-hybridized carbons (Fsp3) is 0.111. The molecule has 0 unspecified atom stereocenters. The molecule has 8 heteroatoms. The van der Waals surface area contributed by atoms with Crippen LogP contribution >= 0.6 is 15.9 Å². The standard InChI is InChI=1S/C18H15BrF2N4O/c1-10-3-5-12(8-13(10)17-14(19)9-22-25(17)2)23-18(26)24-16-6-4-11(20)7-15(16)21/h3-9H,1-2H3,(H2,23,24,26). The van der Waals surface area contributed by atoms with Crippen LogP contribution in [0.5, 0.6) is 0 Å². The van der Waals surface area contributed by atoms with Crippen molar-refractivity contribution in [1.82, 2.24) is 9.78 Å². The zero-order valence-corrected chi connectivity index (χ0v) is 15.6. The van der Waals surface area contributed by atoms with Gasteiger partial charge >= 0.3 is 6.03 Å². The fourth-order valence-corrected chi connectivity index (χ4v) is 3.11. The van der Waals surface area contributed by atoms with Crippen molar-refractivity contribution in [2.24, 2.45) is 7.05 Å². The number of anilines is 2. The molecule has 26 heavy (non-hydrogen) atoms. The molecule has 134 valence electrons. The first-order valence-electron chi connectivity index (χ1n) is 7.66. The summed E-state index contributed by atoms with van der Waals surface area (Å²) in [6.45, 7) is 1.95. The van der Waals surface area contributed by atoms with Gasteiger partial charge in [-0.1, -0.05) is 6.07 Å². The number of aryl methyl sites for hydroxylation is 2. The molecule has 0 aliphatic rings. The Morgan fingerprint density at radius 3 is 2.58 bits per heavy atom. The smallest absolute Gasteiger partial charge is 0.308 e. The molecule has 0 saturated carbocycles. The molecule has 3 rings (SSSR count). The maximum Gasteiger partial charge on any atom is 0.323 e. The third kappa shape index (κ3) is 3.75. The van der Waals surface area contributed by atoms with Crippen molar-refractivity contribution < 1.29 is 13.6 Å². The number of urea groups is 1. The number of hydrogen-bond donors (Lipinski definition) is 2. The van der Waals surface area contributed by atoms with Crippen LogP contribution in [-0.2, 0) is 7.05 Å². The largest absolute Gasteiger partial charge is 0.323 e. The molecule has 1 heterocycles. The van der Waals surface area contributed by atoms with Crippen LogP contribution in [0.2, 0.25) is 0 Å². The Bertz CT molecular complexity index is 968. The summed E-state index contributed by atoms with van der Waals surface area (Å²) in [5.74, 6) is -1.55. The molecule has 0 fully saturated rings. The SMILES string of the molecule is Cc1ccc(NC(=O)Nc2ccc(F)cc2F)cc1-c1c(Br)cnn1C. The van der Waals surface area contributed by atoms with E-state index in [4.69, 9.17) is 0 Å². The van der Waals surface area contributed by atoms with Gasteiger partial charge in [-0.15, -0.1) is 0 Å². The minimum Gasteiger partial charge on any atom is -0.308 e. The van der Waals surface area contributed by atoms with E-state index in [0.29, 0.717) is 11.8 Å². The lowest BCUT2D eigenvalue weighted by Crippen LogP contribution is -2.20. The Hall–Kier alpha value is -2.74. The predicted octanol–water partition coefficient (Wildman–Crippen LogP) is 5.08. The number of halogens is 3. The maximum absolute atomic E-state index is 13.6. The average Bonchev–Trinajstić information content (AvgIpc) is 2.91. The van der Waals surface area contributed by atoms with E-state index in [-0.39, 0.29) is 5.69 Å². The van der Waals surface area contributed by atoms with E-state index in [1.54, 1.807) is 23.0 Å². The van der Waals surface area contributed by atoms with Crippen LogP contribution in [0.3, 0.4) is 0 Å². The van der Waals surface area contributed by atoms with Crippen LogP contribution in [0.4, 0.5) is 25.0 Å². The van der Waals surface area contributed by atoms with E-state index < -0.39 is 17.7 Å². The van der Waals surface area contributed by atoms with Gasteiger partial charge in [0, 0.05) is 24.4 Å². The summed E-state index contributed by atoms with van der Waals surface area (Å²) in [6.07, 6.45) is 1.69. The summed E-state index contributed by atoms with van der Waals surface area (Å²) in [5, 5.41) is 9.20. The Morgan fingerprint density at radius 1 is 1.15 bits per heavy atom. The van der Waals surface area contributed by atoms with Crippen molar-refractivity contribution in [2.75, 3.05) is 10.6 Å². The zero-order valence-electron chi connectivity index (χ0n) is 14.0. The number of nitrogens with zero attached hydrogens (tertiary/aromatic N) is 2. The van der Waals surface area contributed by atoms with E-state index in [9.17, 15) is 13.6 Å². The molecule has 0 aliphatic carbocycles. The second kappa shape index (κ2) is 7.25. The number of carbonyl (C=O) groups excluding carboxylic acids is 1. The van der Waals surface area contributed by atoms with Crippen molar-refractivity contribution in [2.45, 2.75) is 6.92 Å². The van der Waals surface area contributed by atoms with Crippen LogP contribution in [-0.4, -0.2) is 15.8 Å². The Morgan fingerprint density at radius 2 is 1.92 bits per heavy atom. The Balaban J connectivity index is 1.82. The minimum absolute atomic E-state index is 0.106. The number of carbonyl (C=O) groups is 1. The van der Waals surface area contributed by atoms with Crippen LogP contribution in [0.1, 0.15) is 5.56 Å². The first kappa shape index (κ1) is 18.1. The zero-order chi connectivity index (χ0) is 18.8. The third-order valence-electron chi connectivity index (χ3n) is 3.82. The number of aromatic nitrogens is 2. The highest BCUT2D eigenvalue weighted by Gasteiger charge is 2.13. The number of hydrogen-bond acceptors (Lipinski definition) is 2. The maximum atomic E-state index is 13.6. The summed E-state index contributed by atoms with van der Waals surface area (Å²) in [5.41, 5.74) is 3.19. The highest BCUT2D eigenvalue weighted by atomic mass is 79.9. The van der Waals surface area contributed by atoms with Crippen LogP contribution in [0.25, 0.3) is 11.3 Å². The van der Waals surface area contributed by atoms with Gasteiger partial charge in [0.2, 0.25) is 0 Å². The quantitative estimate of drug-likeness (QED) is 0.620. The topological polar surface area (TPSA) is 59.0 Å². The third-order valence-corrected chi connectivity index (χ3v) is 4.40. The van der Waals surface area contributed by atoms with Crippen molar-refractivity contribution in [3.05, 3.63) is 64.3 Å². The lowest BCUT2D eigenvalue weighted by atomic mass is 10.0. The highest BCUT2D eigenvalue weighted by Crippen LogP contribution is 2.32. The van der Waals surface area contributed by atoms with Crippen molar-refractivity contribution in [1.29, 1.82) is 0 Å². The van der Waals surface area contributed by atoms with Gasteiger partial charge in [0.1, 0.15) is 11.6 Å². The Kier molecular flexibility index (Phi) is 5.03. The molecule has 0 bridgehead atoms. The van der Waals surface area contributed by atoms with Crippen molar-refractivity contribution in [3.63, 3.8) is 0 Å². The summed E-state index contributed by atoms with van der Waals surface area (Å²) < 4.78 is 29.1. The number of benzene rings is 2. The first-order valence-corrected chi connectivity index (χ1v) is 8.46. The summed E-state index contributed by atoms with van der Waals surface area (Å²) >= 11 is 3.47. The Labute approximate surface area is 157 Å². The van der Waals surface area contributed by atoms with Crippen LogP contribution in [0, 0.1) is 18.6 Å². The molecule has 0 saturated heterocycles. The molecule has 0 spiro atoms. The second-order valence-electron chi connectivity index (χ2n) is 5.70. The van der Waals surface area contributed by atoms with Crippen LogP contribution < -0.4 is 10.6 Å². The fourth-order valence-electron chi connectivity index (χ4n) is 2.54. The van der Waals surface area contributed by atoms with Gasteiger partial charge in [-0.2, -0.15) is 5.10 Å². The minimum atomic E-state index is -0.844. The predicted molar refractivity (Wildman–Crippen MR) is 100 cm³/mol. The molecule has 5 nitrogen and oxygen atoms in total. The molecule has 2 amide bonds.